The molecule has 90 valence electrons. The van der Waals surface area contributed by atoms with Gasteiger partial charge < -0.3 is 5.32 Å². The molecule has 1 aromatic carbocycles. The quantitative estimate of drug-likeness (QED) is 0.801. The lowest BCUT2D eigenvalue weighted by Gasteiger charge is -2.05. The molecular formula is C12H12F2N2O. The highest BCUT2D eigenvalue weighted by molar-refractivity contribution is 5.94. The van der Waals surface area contributed by atoms with Gasteiger partial charge in [0.15, 0.2) is 0 Å². The molecule has 0 unspecified atom stereocenters. The Bertz CT molecular complexity index is 441. The number of carbonyl (C=O) groups is 1. The van der Waals surface area contributed by atoms with Gasteiger partial charge in [0.2, 0.25) is 0 Å². The number of hydrogen-bond acceptors (Lipinski definition) is 2. The number of amides is 1. The largest absolute Gasteiger partial charge is 0.352 e. The zero-order valence-corrected chi connectivity index (χ0v) is 9.17. The number of rotatable bonds is 5. The predicted octanol–water partition coefficient (Wildman–Crippen LogP) is 2.39. The van der Waals surface area contributed by atoms with Crippen molar-refractivity contribution >= 4 is 5.91 Å². The summed E-state index contributed by atoms with van der Waals surface area (Å²) in [6, 6.07) is 4.72. The first-order valence-electron chi connectivity index (χ1n) is 5.25. The first-order valence-corrected chi connectivity index (χ1v) is 5.25. The fourth-order valence-corrected chi connectivity index (χ4v) is 1.30. The Morgan fingerprint density at radius 2 is 2.12 bits per heavy atom. The van der Waals surface area contributed by atoms with Gasteiger partial charge >= 0.3 is 0 Å². The maximum absolute atomic E-state index is 13.2. The molecule has 0 spiro atoms. The number of nitriles is 1. The summed E-state index contributed by atoms with van der Waals surface area (Å²) in [6.07, 6.45) is 1.73. The molecule has 0 fully saturated rings. The van der Waals surface area contributed by atoms with Crippen LogP contribution < -0.4 is 5.32 Å². The summed E-state index contributed by atoms with van der Waals surface area (Å²) in [7, 11) is 0. The fraction of sp³-hybridized carbons (Fsp3) is 0.333. The van der Waals surface area contributed by atoms with Crippen LogP contribution in [0.4, 0.5) is 8.78 Å². The predicted molar refractivity (Wildman–Crippen MR) is 58.2 cm³/mol. The summed E-state index contributed by atoms with van der Waals surface area (Å²) in [5.41, 5.74) is -0.301. The lowest BCUT2D eigenvalue weighted by molar-refractivity contribution is 0.0948. The highest BCUT2D eigenvalue weighted by atomic mass is 19.1. The van der Waals surface area contributed by atoms with Crippen molar-refractivity contribution < 1.29 is 13.6 Å². The van der Waals surface area contributed by atoms with Crippen molar-refractivity contribution in [3.8, 4) is 6.07 Å². The molecule has 0 heterocycles. The first-order chi connectivity index (χ1) is 8.15. The zero-order valence-electron chi connectivity index (χ0n) is 9.17. The normalized spacial score (nSPS) is 9.71. The van der Waals surface area contributed by atoms with E-state index in [-0.39, 0.29) is 5.56 Å². The molecule has 0 aromatic heterocycles. The number of hydrogen-bond donors (Lipinski definition) is 1. The molecule has 0 saturated carbocycles. The van der Waals surface area contributed by atoms with Gasteiger partial charge in [-0.05, 0) is 31.0 Å². The number of benzene rings is 1. The van der Waals surface area contributed by atoms with Crippen LogP contribution in [0.15, 0.2) is 18.2 Å². The second kappa shape index (κ2) is 6.59. The van der Waals surface area contributed by atoms with Gasteiger partial charge in [0.1, 0.15) is 11.6 Å². The van der Waals surface area contributed by atoms with Gasteiger partial charge in [0.25, 0.3) is 5.91 Å². The lowest BCUT2D eigenvalue weighted by atomic mass is 10.2. The number of nitrogens with zero attached hydrogens (tertiary/aromatic N) is 1. The Hall–Kier alpha value is -1.96. The summed E-state index contributed by atoms with van der Waals surface area (Å²) in [6.45, 7) is 0.344. The maximum atomic E-state index is 13.2. The summed E-state index contributed by atoms with van der Waals surface area (Å²) in [5.74, 6) is -2.04. The molecule has 17 heavy (non-hydrogen) atoms. The summed E-state index contributed by atoms with van der Waals surface area (Å²) >= 11 is 0. The zero-order chi connectivity index (χ0) is 12.7. The molecule has 0 bridgehead atoms. The van der Waals surface area contributed by atoms with Crippen LogP contribution in [-0.4, -0.2) is 12.5 Å². The molecule has 1 aromatic rings. The van der Waals surface area contributed by atoms with Crippen LogP contribution in [0.2, 0.25) is 0 Å². The molecule has 3 nitrogen and oxygen atoms in total. The van der Waals surface area contributed by atoms with Gasteiger partial charge in [-0.15, -0.1) is 0 Å². The van der Waals surface area contributed by atoms with E-state index in [0.717, 1.165) is 18.2 Å². The van der Waals surface area contributed by atoms with Crippen molar-refractivity contribution in [3.63, 3.8) is 0 Å². The molecule has 0 radical (unpaired) electrons. The van der Waals surface area contributed by atoms with Crippen molar-refractivity contribution in [1.82, 2.24) is 5.32 Å². The number of halogens is 2. The lowest BCUT2D eigenvalue weighted by Crippen LogP contribution is -2.25. The third-order valence-corrected chi connectivity index (χ3v) is 2.17. The smallest absolute Gasteiger partial charge is 0.254 e. The van der Waals surface area contributed by atoms with E-state index in [9.17, 15) is 13.6 Å². The van der Waals surface area contributed by atoms with Gasteiger partial charge in [0.05, 0.1) is 11.6 Å². The molecule has 0 saturated heterocycles. The minimum absolute atomic E-state index is 0.301. The number of carbonyl (C=O) groups excluding carboxylic acids is 1. The van der Waals surface area contributed by atoms with Gasteiger partial charge in [-0.3, -0.25) is 4.79 Å². The van der Waals surface area contributed by atoms with E-state index in [1.54, 1.807) is 0 Å². The van der Waals surface area contributed by atoms with E-state index >= 15 is 0 Å². The van der Waals surface area contributed by atoms with Crippen molar-refractivity contribution in [2.24, 2.45) is 0 Å². The monoisotopic (exact) mass is 238 g/mol. The fourth-order valence-electron chi connectivity index (χ4n) is 1.30. The van der Waals surface area contributed by atoms with Gasteiger partial charge in [0, 0.05) is 13.0 Å². The molecule has 1 amide bonds. The highest BCUT2D eigenvalue weighted by Crippen LogP contribution is 2.09. The van der Waals surface area contributed by atoms with Crippen LogP contribution in [0.5, 0.6) is 0 Å². The Kier molecular flexibility index (Phi) is 5.08. The van der Waals surface area contributed by atoms with Crippen LogP contribution >= 0.6 is 0 Å². The second-order valence-electron chi connectivity index (χ2n) is 3.50. The number of nitrogens with one attached hydrogen (secondary N) is 1. The Morgan fingerprint density at radius 1 is 1.35 bits per heavy atom. The van der Waals surface area contributed by atoms with Crippen LogP contribution in [0.25, 0.3) is 0 Å². The summed E-state index contributed by atoms with van der Waals surface area (Å²) < 4.78 is 26.0. The average molecular weight is 238 g/mol. The summed E-state index contributed by atoms with van der Waals surface area (Å²) in [5, 5.41) is 10.8. The molecule has 1 rings (SSSR count). The summed E-state index contributed by atoms with van der Waals surface area (Å²) in [4.78, 5) is 11.5. The van der Waals surface area contributed by atoms with E-state index in [1.807, 2.05) is 6.07 Å². The molecule has 0 atom stereocenters. The molecule has 0 aliphatic rings. The molecular weight excluding hydrogens is 226 g/mol. The van der Waals surface area contributed by atoms with E-state index in [1.165, 1.54) is 0 Å². The van der Waals surface area contributed by atoms with Crippen LogP contribution in [-0.2, 0) is 0 Å². The minimum Gasteiger partial charge on any atom is -0.352 e. The maximum Gasteiger partial charge on any atom is 0.254 e. The van der Waals surface area contributed by atoms with Gasteiger partial charge in [-0.1, -0.05) is 0 Å². The second-order valence-corrected chi connectivity index (χ2v) is 3.50. The van der Waals surface area contributed by atoms with E-state index in [2.05, 4.69) is 5.32 Å². The SMILES string of the molecule is N#CCCCCNC(=O)c1cc(F)ccc1F. The van der Waals surface area contributed by atoms with Crippen LogP contribution in [0.1, 0.15) is 29.6 Å². The number of unbranched alkanes of at least 4 members (excludes halogenated alkanes) is 2. The average Bonchev–Trinajstić information content (AvgIpc) is 2.32. The Balaban J connectivity index is 2.47. The molecule has 1 N–H and O–H groups in total. The Labute approximate surface area is 98.1 Å². The molecule has 5 heteroatoms. The standard InChI is InChI=1S/C12H12F2N2O/c13-9-4-5-11(14)10(8-9)12(17)16-7-3-1-2-6-15/h4-5,8H,1-3,7H2,(H,16,17). The molecule has 0 aliphatic carbocycles. The van der Waals surface area contributed by atoms with Crippen LogP contribution in [0.3, 0.4) is 0 Å². The van der Waals surface area contributed by atoms with Gasteiger partial charge in [-0.25, -0.2) is 8.78 Å². The van der Waals surface area contributed by atoms with Gasteiger partial charge in [-0.2, -0.15) is 5.26 Å². The Morgan fingerprint density at radius 3 is 2.82 bits per heavy atom. The third-order valence-electron chi connectivity index (χ3n) is 2.17. The van der Waals surface area contributed by atoms with E-state index < -0.39 is 17.5 Å². The topological polar surface area (TPSA) is 52.9 Å². The minimum atomic E-state index is -0.749. The highest BCUT2D eigenvalue weighted by Gasteiger charge is 2.11. The first kappa shape index (κ1) is 13.1. The molecule has 0 aliphatic heterocycles. The van der Waals surface area contributed by atoms with Crippen molar-refractivity contribution in [3.05, 3.63) is 35.4 Å². The third kappa shape index (κ3) is 4.19. The van der Waals surface area contributed by atoms with Crippen molar-refractivity contribution in [1.29, 1.82) is 5.26 Å². The van der Waals surface area contributed by atoms with Crippen LogP contribution in [0, 0.1) is 23.0 Å². The van der Waals surface area contributed by atoms with E-state index in [4.69, 9.17) is 5.26 Å². The van der Waals surface area contributed by atoms with E-state index in [0.29, 0.717) is 25.8 Å². The van der Waals surface area contributed by atoms with Crippen molar-refractivity contribution in [2.75, 3.05) is 6.54 Å². The van der Waals surface area contributed by atoms with Crippen molar-refractivity contribution in [2.45, 2.75) is 19.3 Å².